The number of hydrogen-bond acceptors (Lipinski definition) is 5. The summed E-state index contributed by atoms with van der Waals surface area (Å²) in [5.74, 6) is 0.620. The molecule has 4 rings (SSSR count). The van der Waals surface area contributed by atoms with Gasteiger partial charge in [-0.1, -0.05) is 93.3 Å². The monoisotopic (exact) mass is 553 g/mol. The molecule has 8 heteroatoms. The van der Waals surface area contributed by atoms with Gasteiger partial charge in [-0.3, -0.25) is 9.69 Å². The average molecular weight is 554 g/mol. The molecule has 194 valence electrons. The smallest absolute Gasteiger partial charge is 0.266 e. The van der Waals surface area contributed by atoms with Crippen molar-refractivity contribution in [1.29, 1.82) is 0 Å². The summed E-state index contributed by atoms with van der Waals surface area (Å²) in [4.78, 5) is 15.6. The first kappa shape index (κ1) is 27.4. The lowest BCUT2D eigenvalue weighted by atomic mass is 10.1. The highest BCUT2D eigenvalue weighted by molar-refractivity contribution is 8.26. The number of thiocarbonyl (C=S) groups is 1. The fraction of sp³-hybridized carbons (Fsp3) is 0.345. The first-order valence-corrected chi connectivity index (χ1v) is 14.4. The van der Waals surface area contributed by atoms with Crippen molar-refractivity contribution < 1.29 is 9.53 Å². The Morgan fingerprint density at radius 3 is 2.57 bits per heavy atom. The molecular formula is C29H32ClN3O2S2. The molecule has 1 aliphatic heterocycles. The number of benzene rings is 2. The van der Waals surface area contributed by atoms with E-state index in [-0.39, 0.29) is 5.91 Å². The molecule has 0 bridgehead atoms. The van der Waals surface area contributed by atoms with Crippen LogP contribution in [0.2, 0.25) is 5.02 Å². The van der Waals surface area contributed by atoms with E-state index in [0.717, 1.165) is 61.0 Å². The van der Waals surface area contributed by atoms with E-state index >= 15 is 0 Å². The molecule has 1 amide bonds. The van der Waals surface area contributed by atoms with E-state index < -0.39 is 0 Å². The van der Waals surface area contributed by atoms with Gasteiger partial charge in [0.05, 0.1) is 22.2 Å². The maximum atomic E-state index is 13.2. The number of amides is 1. The zero-order chi connectivity index (χ0) is 26.2. The number of carbonyl (C=O) groups excluding carboxylic acids is 1. The fourth-order valence-electron chi connectivity index (χ4n) is 4.05. The van der Waals surface area contributed by atoms with E-state index in [2.05, 4.69) is 13.8 Å². The first-order valence-electron chi connectivity index (χ1n) is 12.8. The van der Waals surface area contributed by atoms with Gasteiger partial charge in [0, 0.05) is 23.9 Å². The number of nitrogens with zero attached hydrogens (tertiary/aromatic N) is 3. The molecular weight excluding hydrogens is 522 g/mol. The highest BCUT2D eigenvalue weighted by Gasteiger charge is 2.32. The molecule has 3 aromatic rings. The largest absolute Gasteiger partial charge is 0.492 e. The minimum Gasteiger partial charge on any atom is -0.492 e. The van der Waals surface area contributed by atoms with Crippen LogP contribution in [0.3, 0.4) is 0 Å². The minimum absolute atomic E-state index is 0.0392. The molecule has 5 nitrogen and oxygen atoms in total. The van der Waals surface area contributed by atoms with Crippen LogP contribution in [0.25, 0.3) is 23.0 Å². The second kappa shape index (κ2) is 13.3. The highest BCUT2D eigenvalue weighted by atomic mass is 35.5. The number of carbonyl (C=O) groups is 1. The molecule has 0 N–H and O–H groups in total. The van der Waals surface area contributed by atoms with Gasteiger partial charge in [0.15, 0.2) is 0 Å². The Bertz CT molecular complexity index is 1270. The van der Waals surface area contributed by atoms with Gasteiger partial charge in [-0.15, -0.1) is 0 Å². The third-order valence-electron chi connectivity index (χ3n) is 6.12. The standard InChI is InChI=1S/C29H32ClN3O2S2/c1-3-5-7-11-16-32-28(34)26(37-29(32)36)19-22-20-33(23-12-9-8-10-13-23)31-27(22)21-14-15-25(24(30)18-21)35-17-6-4-2/h8-10,12-15,18-20H,3-7,11,16-17H2,1-2H3. The Labute approximate surface area is 233 Å². The third-order valence-corrected chi connectivity index (χ3v) is 7.79. The fourth-order valence-corrected chi connectivity index (χ4v) is 5.59. The number of para-hydroxylation sites is 1. The van der Waals surface area contributed by atoms with Crippen molar-refractivity contribution in [2.24, 2.45) is 0 Å². The van der Waals surface area contributed by atoms with E-state index in [1.807, 2.05) is 65.5 Å². The summed E-state index contributed by atoms with van der Waals surface area (Å²) in [6.45, 7) is 5.59. The zero-order valence-corrected chi connectivity index (χ0v) is 23.7. The average Bonchev–Trinajstić information content (AvgIpc) is 3.44. The molecule has 1 aliphatic rings. The second-order valence-corrected chi connectivity index (χ2v) is 11.0. The van der Waals surface area contributed by atoms with Gasteiger partial charge in [-0.05, 0) is 49.2 Å². The minimum atomic E-state index is -0.0392. The molecule has 0 unspecified atom stereocenters. The molecule has 0 radical (unpaired) electrons. The molecule has 2 heterocycles. The lowest BCUT2D eigenvalue weighted by Gasteiger charge is -2.13. The Morgan fingerprint density at radius 1 is 1.05 bits per heavy atom. The maximum absolute atomic E-state index is 13.2. The van der Waals surface area contributed by atoms with Crippen LogP contribution >= 0.6 is 35.6 Å². The molecule has 37 heavy (non-hydrogen) atoms. The number of thioether (sulfide) groups is 1. The van der Waals surface area contributed by atoms with Gasteiger partial charge in [0.25, 0.3) is 5.91 Å². The van der Waals surface area contributed by atoms with E-state index in [0.29, 0.717) is 33.1 Å². The normalized spacial score (nSPS) is 14.7. The van der Waals surface area contributed by atoms with E-state index in [1.54, 1.807) is 4.90 Å². The van der Waals surface area contributed by atoms with Gasteiger partial charge in [-0.2, -0.15) is 5.10 Å². The summed E-state index contributed by atoms with van der Waals surface area (Å²) in [5, 5.41) is 5.41. The van der Waals surface area contributed by atoms with Gasteiger partial charge < -0.3 is 4.74 Å². The van der Waals surface area contributed by atoms with Gasteiger partial charge in [0.1, 0.15) is 15.8 Å². The number of halogens is 1. The quantitative estimate of drug-likeness (QED) is 0.129. The van der Waals surface area contributed by atoms with Gasteiger partial charge in [-0.25, -0.2) is 4.68 Å². The molecule has 0 spiro atoms. The number of ether oxygens (including phenoxy) is 1. The number of hydrogen-bond donors (Lipinski definition) is 0. The predicted octanol–water partition coefficient (Wildman–Crippen LogP) is 8.15. The van der Waals surface area contributed by atoms with Crippen LogP contribution in [0, 0.1) is 0 Å². The molecule has 2 aromatic carbocycles. The molecule has 1 fully saturated rings. The summed E-state index contributed by atoms with van der Waals surface area (Å²) in [6, 6.07) is 15.6. The Hall–Kier alpha value is -2.61. The second-order valence-electron chi connectivity index (χ2n) is 8.95. The number of unbranched alkanes of at least 4 members (excludes halogenated alkanes) is 4. The summed E-state index contributed by atoms with van der Waals surface area (Å²) in [5.41, 5.74) is 3.34. The van der Waals surface area contributed by atoms with Crippen LogP contribution < -0.4 is 4.74 Å². The number of aromatic nitrogens is 2. The van der Waals surface area contributed by atoms with Crippen molar-refractivity contribution in [3.63, 3.8) is 0 Å². The van der Waals surface area contributed by atoms with Crippen LogP contribution in [-0.4, -0.2) is 38.1 Å². The van der Waals surface area contributed by atoms with E-state index in [9.17, 15) is 4.79 Å². The van der Waals surface area contributed by atoms with Gasteiger partial charge in [0.2, 0.25) is 0 Å². The van der Waals surface area contributed by atoms with Crippen LogP contribution in [-0.2, 0) is 4.79 Å². The first-order chi connectivity index (χ1) is 18.0. The van der Waals surface area contributed by atoms with Crippen molar-refractivity contribution >= 4 is 51.9 Å². The summed E-state index contributed by atoms with van der Waals surface area (Å²) < 4.78 is 8.27. The van der Waals surface area contributed by atoms with E-state index in [4.69, 9.17) is 33.7 Å². The molecule has 0 saturated carbocycles. The summed E-state index contributed by atoms with van der Waals surface area (Å²) in [6.07, 6.45) is 10.2. The van der Waals surface area contributed by atoms with Crippen molar-refractivity contribution in [1.82, 2.24) is 14.7 Å². The predicted molar refractivity (Wildman–Crippen MR) is 158 cm³/mol. The molecule has 1 aromatic heterocycles. The molecule has 0 aliphatic carbocycles. The van der Waals surface area contributed by atoms with Crippen molar-refractivity contribution in [2.45, 2.75) is 52.4 Å². The van der Waals surface area contributed by atoms with E-state index in [1.165, 1.54) is 11.8 Å². The van der Waals surface area contributed by atoms with Crippen LogP contribution in [0.1, 0.15) is 57.9 Å². The Morgan fingerprint density at radius 2 is 1.84 bits per heavy atom. The molecule has 0 atom stereocenters. The summed E-state index contributed by atoms with van der Waals surface area (Å²) >= 11 is 13.5. The third kappa shape index (κ3) is 6.83. The Balaban J connectivity index is 1.66. The SMILES string of the molecule is CCCCCCN1C(=O)C(=Cc2cn(-c3ccccc3)nc2-c2ccc(OCCCC)c(Cl)c2)SC1=S. The maximum Gasteiger partial charge on any atom is 0.266 e. The topological polar surface area (TPSA) is 47.4 Å². The van der Waals surface area contributed by atoms with Crippen LogP contribution in [0.4, 0.5) is 0 Å². The number of rotatable bonds is 12. The summed E-state index contributed by atoms with van der Waals surface area (Å²) in [7, 11) is 0. The van der Waals surface area contributed by atoms with Crippen molar-refractivity contribution in [3.8, 4) is 22.7 Å². The molecule has 1 saturated heterocycles. The Kier molecular flexibility index (Phi) is 9.83. The zero-order valence-electron chi connectivity index (χ0n) is 21.3. The van der Waals surface area contributed by atoms with Crippen LogP contribution in [0.5, 0.6) is 5.75 Å². The highest BCUT2D eigenvalue weighted by Crippen LogP contribution is 2.36. The van der Waals surface area contributed by atoms with Crippen molar-refractivity contribution in [2.75, 3.05) is 13.2 Å². The lowest BCUT2D eigenvalue weighted by Crippen LogP contribution is -2.29. The van der Waals surface area contributed by atoms with Crippen molar-refractivity contribution in [3.05, 3.63) is 70.2 Å². The lowest BCUT2D eigenvalue weighted by molar-refractivity contribution is -0.122. The van der Waals surface area contributed by atoms with Crippen LogP contribution in [0.15, 0.2) is 59.6 Å². The van der Waals surface area contributed by atoms with Gasteiger partial charge >= 0.3 is 0 Å².